The molecule has 1 aliphatic carbocycles. The number of carbonyl (C=O) groups is 1. The Morgan fingerprint density at radius 2 is 2.09 bits per heavy atom. The summed E-state index contributed by atoms with van der Waals surface area (Å²) in [6, 6.07) is 3.50. The topological polar surface area (TPSA) is 81.6 Å². The minimum atomic E-state index is -0.238. The van der Waals surface area contributed by atoms with E-state index in [-0.39, 0.29) is 24.4 Å². The number of benzene rings is 1. The van der Waals surface area contributed by atoms with Crippen LogP contribution in [0.2, 0.25) is 0 Å². The van der Waals surface area contributed by atoms with Gasteiger partial charge in [-0.25, -0.2) is 4.79 Å². The van der Waals surface area contributed by atoms with Crippen LogP contribution in [0.5, 0.6) is 5.75 Å². The largest absolute Gasteiger partial charge is 0.508 e. The molecule has 2 rings (SSSR count). The normalized spacial score (nSPS) is 15.0. The molecule has 0 saturated heterocycles. The molecule has 0 aliphatic heterocycles. The Kier molecular flexibility index (Phi) is 6.07. The van der Waals surface area contributed by atoms with E-state index in [4.69, 9.17) is 5.11 Å². The Morgan fingerprint density at radius 3 is 2.86 bits per heavy atom. The van der Waals surface area contributed by atoms with Crippen molar-refractivity contribution >= 4 is 6.03 Å². The van der Waals surface area contributed by atoms with E-state index in [9.17, 15) is 9.90 Å². The lowest BCUT2D eigenvalue weighted by Crippen LogP contribution is -2.40. The lowest BCUT2D eigenvalue weighted by Gasteiger charge is -2.21. The summed E-state index contributed by atoms with van der Waals surface area (Å²) in [6.45, 7) is 2.39. The third-order valence-corrected chi connectivity index (χ3v) is 4.22. The maximum atomic E-state index is 11.9. The number of aliphatic hydroxyl groups is 1. The molecule has 0 fully saturated rings. The van der Waals surface area contributed by atoms with Gasteiger partial charge in [-0.05, 0) is 62.6 Å². The predicted molar refractivity (Wildman–Crippen MR) is 85.9 cm³/mol. The summed E-state index contributed by atoms with van der Waals surface area (Å²) < 4.78 is 0. The van der Waals surface area contributed by atoms with Gasteiger partial charge in [0.2, 0.25) is 0 Å². The number of rotatable bonds is 6. The summed E-state index contributed by atoms with van der Waals surface area (Å²) in [5.41, 5.74) is 3.33. The number of phenolic OH excluding ortho intramolecular Hbond substituents is 1. The summed E-state index contributed by atoms with van der Waals surface area (Å²) in [4.78, 5) is 11.9. The molecule has 1 aliphatic rings. The number of fused-ring (bicyclic) bond motifs is 1. The number of amides is 2. The summed E-state index contributed by atoms with van der Waals surface area (Å²) in [5.74, 6) is 0.259. The quantitative estimate of drug-likeness (QED) is 0.650. The summed E-state index contributed by atoms with van der Waals surface area (Å²) >= 11 is 0. The third kappa shape index (κ3) is 4.37. The van der Waals surface area contributed by atoms with E-state index in [0.717, 1.165) is 31.2 Å². The Hall–Kier alpha value is -1.75. The monoisotopic (exact) mass is 306 g/mol. The van der Waals surface area contributed by atoms with E-state index in [2.05, 4.69) is 10.6 Å². The van der Waals surface area contributed by atoms with Gasteiger partial charge in [-0.2, -0.15) is 0 Å². The Bertz CT molecular complexity index is 517. The van der Waals surface area contributed by atoms with Crippen molar-refractivity contribution < 1.29 is 15.0 Å². The fourth-order valence-corrected chi connectivity index (χ4v) is 3.00. The number of carbonyl (C=O) groups excluding carboxylic acids is 1. The van der Waals surface area contributed by atoms with Gasteiger partial charge >= 0.3 is 6.03 Å². The fourth-order valence-electron chi connectivity index (χ4n) is 3.00. The van der Waals surface area contributed by atoms with Gasteiger partial charge in [-0.1, -0.05) is 6.07 Å². The van der Waals surface area contributed by atoms with Crippen molar-refractivity contribution in [3.63, 3.8) is 0 Å². The summed E-state index contributed by atoms with van der Waals surface area (Å²) in [7, 11) is 0. The average Bonchev–Trinajstić information content (AvgIpc) is 2.52. The van der Waals surface area contributed by atoms with Crippen molar-refractivity contribution in [3.8, 4) is 5.75 Å². The molecule has 1 aromatic carbocycles. The van der Waals surface area contributed by atoms with E-state index < -0.39 is 0 Å². The van der Waals surface area contributed by atoms with Gasteiger partial charge in [0.25, 0.3) is 0 Å². The SMILES string of the molecule is CC(CCCO)NC(=O)NCc1c(O)ccc2c1CCCC2. The number of aliphatic hydroxyl groups excluding tert-OH is 1. The molecular formula is C17H26N2O3. The zero-order valence-corrected chi connectivity index (χ0v) is 13.2. The van der Waals surface area contributed by atoms with Gasteiger partial charge in [-0.15, -0.1) is 0 Å². The van der Waals surface area contributed by atoms with Crippen molar-refractivity contribution in [2.45, 2.75) is 58.0 Å². The van der Waals surface area contributed by atoms with E-state index in [0.29, 0.717) is 13.0 Å². The van der Waals surface area contributed by atoms with Crippen LogP contribution in [0.3, 0.4) is 0 Å². The van der Waals surface area contributed by atoms with Gasteiger partial charge in [0, 0.05) is 24.8 Å². The molecular weight excluding hydrogens is 280 g/mol. The molecule has 0 spiro atoms. The smallest absolute Gasteiger partial charge is 0.315 e. The molecule has 1 unspecified atom stereocenters. The lowest BCUT2D eigenvalue weighted by atomic mass is 9.88. The highest BCUT2D eigenvalue weighted by Crippen LogP contribution is 2.30. The molecule has 5 heteroatoms. The number of nitrogens with one attached hydrogen (secondary N) is 2. The van der Waals surface area contributed by atoms with E-state index in [1.807, 2.05) is 13.0 Å². The Balaban J connectivity index is 1.92. The van der Waals surface area contributed by atoms with Crippen LogP contribution in [0.25, 0.3) is 0 Å². The molecule has 4 N–H and O–H groups in total. The average molecular weight is 306 g/mol. The van der Waals surface area contributed by atoms with Gasteiger partial charge in [0.05, 0.1) is 0 Å². The molecule has 0 aromatic heterocycles. The van der Waals surface area contributed by atoms with Crippen molar-refractivity contribution in [1.82, 2.24) is 10.6 Å². The van der Waals surface area contributed by atoms with E-state index in [1.165, 1.54) is 17.5 Å². The maximum absolute atomic E-state index is 11.9. The molecule has 0 bridgehead atoms. The molecule has 0 saturated carbocycles. The van der Waals surface area contributed by atoms with Crippen LogP contribution in [-0.4, -0.2) is 28.9 Å². The minimum Gasteiger partial charge on any atom is -0.508 e. The van der Waals surface area contributed by atoms with E-state index in [1.54, 1.807) is 6.07 Å². The lowest BCUT2D eigenvalue weighted by molar-refractivity contribution is 0.234. The van der Waals surface area contributed by atoms with Crippen LogP contribution in [0.1, 0.15) is 49.3 Å². The van der Waals surface area contributed by atoms with Crippen LogP contribution < -0.4 is 10.6 Å². The molecule has 0 radical (unpaired) electrons. The van der Waals surface area contributed by atoms with E-state index >= 15 is 0 Å². The van der Waals surface area contributed by atoms with Crippen LogP contribution in [0.4, 0.5) is 4.79 Å². The first-order valence-electron chi connectivity index (χ1n) is 8.09. The van der Waals surface area contributed by atoms with Gasteiger partial charge < -0.3 is 20.8 Å². The summed E-state index contributed by atoms with van der Waals surface area (Å²) in [5, 5.41) is 24.5. The van der Waals surface area contributed by atoms with Crippen molar-refractivity contribution in [1.29, 1.82) is 0 Å². The number of hydrogen-bond acceptors (Lipinski definition) is 3. The molecule has 1 atom stereocenters. The minimum absolute atomic E-state index is 0.0189. The van der Waals surface area contributed by atoms with Gasteiger partial charge in [-0.3, -0.25) is 0 Å². The number of aryl methyl sites for hydroxylation is 1. The highest BCUT2D eigenvalue weighted by molar-refractivity contribution is 5.74. The van der Waals surface area contributed by atoms with Crippen molar-refractivity contribution in [2.24, 2.45) is 0 Å². The second-order valence-electron chi connectivity index (χ2n) is 6.00. The molecule has 122 valence electrons. The Labute approximate surface area is 131 Å². The first-order valence-corrected chi connectivity index (χ1v) is 8.09. The van der Waals surface area contributed by atoms with Crippen LogP contribution >= 0.6 is 0 Å². The second kappa shape index (κ2) is 8.03. The zero-order chi connectivity index (χ0) is 15.9. The number of aromatic hydroxyl groups is 1. The molecule has 2 amide bonds. The zero-order valence-electron chi connectivity index (χ0n) is 13.2. The number of hydrogen-bond donors (Lipinski definition) is 4. The van der Waals surface area contributed by atoms with Crippen molar-refractivity contribution in [3.05, 3.63) is 28.8 Å². The highest BCUT2D eigenvalue weighted by Gasteiger charge is 2.17. The maximum Gasteiger partial charge on any atom is 0.315 e. The van der Waals surface area contributed by atoms with Crippen molar-refractivity contribution in [2.75, 3.05) is 6.61 Å². The van der Waals surface area contributed by atoms with Gasteiger partial charge in [0.15, 0.2) is 0 Å². The Morgan fingerprint density at radius 1 is 1.32 bits per heavy atom. The predicted octanol–water partition coefficient (Wildman–Crippen LogP) is 2.23. The van der Waals surface area contributed by atoms with Crippen LogP contribution in [0.15, 0.2) is 12.1 Å². The highest BCUT2D eigenvalue weighted by atomic mass is 16.3. The second-order valence-corrected chi connectivity index (χ2v) is 6.00. The van der Waals surface area contributed by atoms with Gasteiger partial charge in [0.1, 0.15) is 5.75 Å². The molecule has 22 heavy (non-hydrogen) atoms. The number of urea groups is 1. The molecule has 0 heterocycles. The first-order chi connectivity index (χ1) is 10.6. The standard InChI is InChI=1S/C17H26N2O3/c1-12(5-4-10-20)19-17(22)18-11-15-14-7-3-2-6-13(14)8-9-16(15)21/h8-9,12,20-21H,2-7,10-11H2,1H3,(H2,18,19,22). The number of phenols is 1. The van der Waals surface area contributed by atoms with Crippen LogP contribution in [-0.2, 0) is 19.4 Å². The third-order valence-electron chi connectivity index (χ3n) is 4.22. The molecule has 1 aromatic rings. The first kappa shape index (κ1) is 16.6. The fraction of sp³-hybridized carbons (Fsp3) is 0.588. The summed E-state index contributed by atoms with van der Waals surface area (Å²) in [6.07, 6.45) is 5.76. The molecule has 5 nitrogen and oxygen atoms in total. The van der Waals surface area contributed by atoms with Crippen LogP contribution in [0, 0.1) is 0 Å².